The SMILES string of the molecule is CCCC(C(=O)N1CCSC(C)(C)CC1)C(N)=NO. The van der Waals surface area contributed by atoms with Crippen molar-refractivity contribution >= 4 is 23.5 Å². The van der Waals surface area contributed by atoms with Gasteiger partial charge in [-0.15, -0.1) is 0 Å². The monoisotopic (exact) mass is 287 g/mol. The van der Waals surface area contributed by atoms with Crippen molar-refractivity contribution in [1.82, 2.24) is 4.90 Å². The van der Waals surface area contributed by atoms with Gasteiger partial charge < -0.3 is 15.8 Å². The standard InChI is InChI=1S/C13H25N3O2S/c1-4-5-10(11(14)15-18)12(17)16-7-6-13(2,3)19-9-8-16/h10,18H,4-9H2,1-3H3,(H2,14,15). The van der Waals surface area contributed by atoms with Crippen molar-refractivity contribution in [2.24, 2.45) is 16.8 Å². The van der Waals surface area contributed by atoms with Gasteiger partial charge in [0.1, 0.15) is 0 Å². The number of oxime groups is 1. The quantitative estimate of drug-likeness (QED) is 0.358. The van der Waals surface area contributed by atoms with Gasteiger partial charge in [0.2, 0.25) is 5.91 Å². The van der Waals surface area contributed by atoms with Gasteiger partial charge in [0, 0.05) is 23.6 Å². The summed E-state index contributed by atoms with van der Waals surface area (Å²) in [6, 6.07) is 0. The summed E-state index contributed by atoms with van der Waals surface area (Å²) in [5.74, 6) is 0.480. The molecule has 1 rings (SSSR count). The second-order valence-corrected chi connectivity index (χ2v) is 7.35. The molecule has 1 heterocycles. The minimum atomic E-state index is -0.485. The molecule has 5 nitrogen and oxygen atoms in total. The number of hydrogen-bond donors (Lipinski definition) is 2. The molecular formula is C13H25N3O2S. The Balaban J connectivity index is 2.74. The molecule has 1 fully saturated rings. The lowest BCUT2D eigenvalue weighted by Crippen LogP contribution is -2.43. The number of carbonyl (C=O) groups is 1. The number of rotatable bonds is 4. The minimum absolute atomic E-state index is 0.00421. The Morgan fingerprint density at radius 1 is 1.53 bits per heavy atom. The number of nitrogens with two attached hydrogens (primary N) is 1. The number of nitrogens with zero attached hydrogens (tertiary/aromatic N) is 2. The van der Waals surface area contributed by atoms with E-state index in [-0.39, 0.29) is 16.5 Å². The molecule has 0 bridgehead atoms. The van der Waals surface area contributed by atoms with E-state index in [1.54, 1.807) is 0 Å². The molecule has 0 aromatic carbocycles. The predicted molar refractivity (Wildman–Crippen MR) is 79.5 cm³/mol. The van der Waals surface area contributed by atoms with Gasteiger partial charge in [0.25, 0.3) is 0 Å². The van der Waals surface area contributed by atoms with Crippen LogP contribution in [0.3, 0.4) is 0 Å². The highest BCUT2D eigenvalue weighted by atomic mass is 32.2. The highest BCUT2D eigenvalue weighted by Crippen LogP contribution is 2.31. The molecule has 0 spiro atoms. The van der Waals surface area contributed by atoms with Crippen LogP contribution in [0, 0.1) is 5.92 Å². The fraction of sp³-hybridized carbons (Fsp3) is 0.846. The fourth-order valence-electron chi connectivity index (χ4n) is 2.22. The lowest BCUT2D eigenvalue weighted by molar-refractivity contribution is -0.133. The Labute approximate surface area is 119 Å². The normalized spacial score (nSPS) is 21.8. The first-order valence-electron chi connectivity index (χ1n) is 6.81. The van der Waals surface area contributed by atoms with E-state index in [1.165, 1.54) is 0 Å². The van der Waals surface area contributed by atoms with Crippen LogP contribution in [0.4, 0.5) is 0 Å². The van der Waals surface area contributed by atoms with E-state index < -0.39 is 5.92 Å². The summed E-state index contributed by atoms with van der Waals surface area (Å²) in [5.41, 5.74) is 5.65. The molecule has 1 aliphatic rings. The summed E-state index contributed by atoms with van der Waals surface area (Å²) in [6.45, 7) is 7.90. The largest absolute Gasteiger partial charge is 0.409 e. The zero-order valence-corrected chi connectivity index (χ0v) is 12.9. The molecule has 6 heteroatoms. The maximum atomic E-state index is 12.5. The van der Waals surface area contributed by atoms with Gasteiger partial charge in [-0.05, 0) is 12.8 Å². The summed E-state index contributed by atoms with van der Waals surface area (Å²) in [5, 5.41) is 11.8. The number of carbonyl (C=O) groups excluding carboxylic acids is 1. The van der Waals surface area contributed by atoms with Gasteiger partial charge in [-0.3, -0.25) is 4.79 Å². The van der Waals surface area contributed by atoms with E-state index in [1.807, 2.05) is 23.6 Å². The zero-order chi connectivity index (χ0) is 14.5. The van der Waals surface area contributed by atoms with Crippen LogP contribution in [-0.4, -0.2) is 45.4 Å². The van der Waals surface area contributed by atoms with Crippen LogP contribution in [-0.2, 0) is 4.79 Å². The molecule has 1 atom stereocenters. The van der Waals surface area contributed by atoms with Crippen LogP contribution in [0.25, 0.3) is 0 Å². The number of hydrogen-bond acceptors (Lipinski definition) is 4. The Morgan fingerprint density at radius 2 is 2.21 bits per heavy atom. The number of amidine groups is 1. The highest BCUT2D eigenvalue weighted by molar-refractivity contribution is 8.00. The molecule has 0 aromatic rings. The molecule has 1 amide bonds. The van der Waals surface area contributed by atoms with Crippen molar-refractivity contribution in [3.63, 3.8) is 0 Å². The van der Waals surface area contributed by atoms with E-state index in [0.717, 1.165) is 31.7 Å². The first kappa shape index (κ1) is 16.1. The minimum Gasteiger partial charge on any atom is -0.409 e. The first-order valence-corrected chi connectivity index (χ1v) is 7.80. The average molecular weight is 287 g/mol. The molecule has 1 unspecified atom stereocenters. The maximum absolute atomic E-state index is 12.5. The average Bonchev–Trinajstić information content (AvgIpc) is 2.55. The summed E-state index contributed by atoms with van der Waals surface area (Å²) in [6.07, 6.45) is 2.43. The van der Waals surface area contributed by atoms with Crippen LogP contribution in [0.5, 0.6) is 0 Å². The molecular weight excluding hydrogens is 262 g/mol. The van der Waals surface area contributed by atoms with E-state index in [0.29, 0.717) is 6.42 Å². The zero-order valence-electron chi connectivity index (χ0n) is 12.1. The number of amides is 1. The summed E-state index contributed by atoms with van der Waals surface area (Å²) in [7, 11) is 0. The molecule has 0 radical (unpaired) electrons. The van der Waals surface area contributed by atoms with E-state index in [2.05, 4.69) is 19.0 Å². The number of thioether (sulfide) groups is 1. The van der Waals surface area contributed by atoms with Crippen LogP contribution < -0.4 is 5.73 Å². The summed E-state index contributed by atoms with van der Waals surface area (Å²) >= 11 is 1.90. The van der Waals surface area contributed by atoms with Crippen molar-refractivity contribution in [1.29, 1.82) is 0 Å². The molecule has 3 N–H and O–H groups in total. The van der Waals surface area contributed by atoms with E-state index in [4.69, 9.17) is 10.9 Å². The lowest BCUT2D eigenvalue weighted by atomic mass is 10.00. The van der Waals surface area contributed by atoms with Gasteiger partial charge in [-0.1, -0.05) is 32.3 Å². The van der Waals surface area contributed by atoms with Gasteiger partial charge in [-0.25, -0.2) is 0 Å². The second kappa shape index (κ2) is 7.03. The molecule has 0 aliphatic carbocycles. The van der Waals surface area contributed by atoms with Crippen molar-refractivity contribution in [2.75, 3.05) is 18.8 Å². The third kappa shape index (κ3) is 4.60. The Morgan fingerprint density at radius 3 is 2.79 bits per heavy atom. The molecule has 110 valence electrons. The van der Waals surface area contributed by atoms with E-state index in [9.17, 15) is 4.79 Å². The van der Waals surface area contributed by atoms with Crippen LogP contribution >= 0.6 is 11.8 Å². The molecule has 0 saturated carbocycles. The Kier molecular flexibility index (Phi) is 5.97. The maximum Gasteiger partial charge on any atom is 0.233 e. The van der Waals surface area contributed by atoms with Gasteiger partial charge in [-0.2, -0.15) is 11.8 Å². The lowest BCUT2D eigenvalue weighted by Gasteiger charge is -2.26. The first-order chi connectivity index (χ1) is 8.91. The van der Waals surface area contributed by atoms with E-state index >= 15 is 0 Å². The smallest absolute Gasteiger partial charge is 0.233 e. The Hall–Kier alpha value is -0.910. The summed E-state index contributed by atoms with van der Waals surface area (Å²) in [4.78, 5) is 14.4. The van der Waals surface area contributed by atoms with Crippen LogP contribution in [0.2, 0.25) is 0 Å². The highest BCUT2D eigenvalue weighted by Gasteiger charge is 2.31. The van der Waals surface area contributed by atoms with Gasteiger partial charge >= 0.3 is 0 Å². The van der Waals surface area contributed by atoms with Crippen molar-refractivity contribution in [3.05, 3.63) is 0 Å². The van der Waals surface area contributed by atoms with Crippen LogP contribution in [0.1, 0.15) is 40.0 Å². The second-order valence-electron chi connectivity index (χ2n) is 5.55. The van der Waals surface area contributed by atoms with Gasteiger partial charge in [0.15, 0.2) is 5.84 Å². The third-order valence-electron chi connectivity index (χ3n) is 3.50. The van der Waals surface area contributed by atoms with Gasteiger partial charge in [0.05, 0.1) is 5.92 Å². The molecule has 1 saturated heterocycles. The Bertz CT molecular complexity index is 345. The van der Waals surface area contributed by atoms with Crippen LogP contribution in [0.15, 0.2) is 5.16 Å². The summed E-state index contributed by atoms with van der Waals surface area (Å²) < 4.78 is 0.214. The molecule has 1 aliphatic heterocycles. The van der Waals surface area contributed by atoms with Crippen molar-refractivity contribution in [2.45, 2.75) is 44.8 Å². The molecule has 0 aromatic heterocycles. The third-order valence-corrected chi connectivity index (χ3v) is 4.87. The predicted octanol–water partition coefficient (Wildman–Crippen LogP) is 1.89. The van der Waals surface area contributed by atoms with Crippen molar-refractivity contribution in [3.8, 4) is 0 Å². The molecule has 19 heavy (non-hydrogen) atoms. The van der Waals surface area contributed by atoms with Crippen molar-refractivity contribution < 1.29 is 10.0 Å². The fourth-order valence-corrected chi connectivity index (χ4v) is 3.32. The topological polar surface area (TPSA) is 78.9 Å².